The molecule has 2 aromatic rings. The molecule has 0 bridgehead atoms. The third-order valence-corrected chi connectivity index (χ3v) is 7.86. The number of aryl methyl sites for hydroxylation is 1. The van der Waals surface area contributed by atoms with Crippen molar-refractivity contribution in [2.75, 3.05) is 0 Å². The number of benzene rings is 2. The molecule has 33 heavy (non-hydrogen) atoms. The summed E-state index contributed by atoms with van der Waals surface area (Å²) in [7, 11) is 0. The number of allylic oxidation sites excluding steroid dienone is 2. The third kappa shape index (κ3) is 7.19. The summed E-state index contributed by atoms with van der Waals surface area (Å²) in [4.78, 5) is 12.8. The molecule has 1 nitrogen and oxygen atoms in total. The van der Waals surface area contributed by atoms with Crippen molar-refractivity contribution in [3.05, 3.63) is 74.2 Å². The molecule has 1 unspecified atom stereocenters. The number of halogens is 3. The van der Waals surface area contributed by atoms with Crippen molar-refractivity contribution in [3.63, 3.8) is 0 Å². The normalized spacial score (nSPS) is 14.8. The number of hydrogen-bond acceptors (Lipinski definition) is 2. The standard InChI is InChI=1S/C28H35BrClFOS/c1-8-19(17-28(33,27(6,7)31)21-13-18(2)14-22(30)16-21)20-9-10-23(24(29)15-20)25(32)11-12-26(3,4)5/h8-10,13-16,33H,11-12,17H2,1-7H3/b19-8+. The average molecular weight is 554 g/mol. The van der Waals surface area contributed by atoms with Crippen LogP contribution in [0.25, 0.3) is 5.57 Å². The molecule has 2 aromatic carbocycles. The average Bonchev–Trinajstić information content (AvgIpc) is 2.67. The van der Waals surface area contributed by atoms with E-state index in [2.05, 4.69) is 36.7 Å². The van der Waals surface area contributed by atoms with Crippen LogP contribution in [0.15, 0.2) is 46.9 Å². The van der Waals surface area contributed by atoms with Crippen molar-refractivity contribution >= 4 is 51.5 Å². The Hall–Kier alpha value is -1.10. The molecule has 0 saturated carbocycles. The third-order valence-electron chi connectivity index (χ3n) is 6.04. The van der Waals surface area contributed by atoms with Gasteiger partial charge in [-0.05, 0) is 92.5 Å². The summed E-state index contributed by atoms with van der Waals surface area (Å²) in [6.07, 6.45) is 3.67. The lowest BCUT2D eigenvalue weighted by Crippen LogP contribution is -2.39. The summed E-state index contributed by atoms with van der Waals surface area (Å²) in [5, 5.41) is 0.565. The second kappa shape index (κ2) is 10.7. The predicted molar refractivity (Wildman–Crippen MR) is 147 cm³/mol. The Morgan fingerprint density at radius 1 is 1.12 bits per heavy atom. The minimum absolute atomic E-state index is 0.105. The Labute approximate surface area is 217 Å². The van der Waals surface area contributed by atoms with Gasteiger partial charge in [0.15, 0.2) is 5.78 Å². The fraction of sp³-hybridized carbons (Fsp3) is 0.464. The van der Waals surface area contributed by atoms with Crippen LogP contribution in [-0.4, -0.2) is 11.5 Å². The molecule has 0 N–H and O–H groups in total. The Morgan fingerprint density at radius 3 is 2.24 bits per heavy atom. The number of alkyl halides is 1. The largest absolute Gasteiger partial charge is 0.294 e. The summed E-state index contributed by atoms with van der Waals surface area (Å²) in [5.74, 6) is 0.119. The van der Waals surface area contributed by atoms with E-state index in [-0.39, 0.29) is 11.2 Å². The van der Waals surface area contributed by atoms with E-state index in [0.717, 1.165) is 33.2 Å². The van der Waals surface area contributed by atoms with Gasteiger partial charge >= 0.3 is 0 Å². The number of Topliss-reactive ketones (excluding diaryl/α,β-unsaturated/α-hetero) is 1. The topological polar surface area (TPSA) is 17.1 Å². The number of thiol groups is 1. The van der Waals surface area contributed by atoms with Crippen molar-refractivity contribution in [2.45, 2.75) is 78.1 Å². The Bertz CT molecular complexity index is 1030. The van der Waals surface area contributed by atoms with Crippen LogP contribution in [0.4, 0.5) is 4.39 Å². The van der Waals surface area contributed by atoms with Crippen molar-refractivity contribution < 1.29 is 9.18 Å². The van der Waals surface area contributed by atoms with Gasteiger partial charge < -0.3 is 0 Å². The highest BCUT2D eigenvalue weighted by Crippen LogP contribution is 2.49. The Morgan fingerprint density at radius 2 is 1.76 bits per heavy atom. The number of carbonyl (C=O) groups excluding carboxylic acids is 1. The van der Waals surface area contributed by atoms with Gasteiger partial charge in [-0.1, -0.05) is 66.5 Å². The first-order chi connectivity index (χ1) is 15.1. The van der Waals surface area contributed by atoms with Gasteiger partial charge in [-0.2, -0.15) is 12.6 Å². The first kappa shape index (κ1) is 28.1. The Balaban J connectivity index is 2.41. The van der Waals surface area contributed by atoms with E-state index >= 15 is 4.39 Å². The molecule has 0 amide bonds. The van der Waals surface area contributed by atoms with Crippen LogP contribution in [0.1, 0.15) is 87.9 Å². The summed E-state index contributed by atoms with van der Waals surface area (Å²) >= 11 is 14.8. The first-order valence-electron chi connectivity index (χ1n) is 11.2. The van der Waals surface area contributed by atoms with Gasteiger partial charge in [0.25, 0.3) is 0 Å². The summed E-state index contributed by atoms with van der Waals surface area (Å²) in [6, 6.07) is 11.3. The van der Waals surface area contributed by atoms with Gasteiger partial charge in [0, 0.05) is 21.5 Å². The molecule has 0 saturated heterocycles. The van der Waals surface area contributed by atoms with E-state index in [0.29, 0.717) is 23.4 Å². The maximum Gasteiger partial charge on any atom is 0.164 e. The lowest BCUT2D eigenvalue weighted by molar-refractivity contribution is 0.0965. The van der Waals surface area contributed by atoms with Crippen LogP contribution in [0.2, 0.25) is 5.02 Å². The SMILES string of the molecule is C/C=C(\CC(S)(c1cc(C)cc(Cl)c1)C(C)(C)F)c1ccc(C(=O)CCC(C)(C)C)c(Br)c1. The monoisotopic (exact) mass is 552 g/mol. The van der Waals surface area contributed by atoms with Crippen molar-refractivity contribution in [1.29, 1.82) is 0 Å². The number of rotatable bonds is 8. The van der Waals surface area contributed by atoms with Gasteiger partial charge in [-0.25, -0.2) is 4.39 Å². The molecule has 0 fully saturated rings. The fourth-order valence-electron chi connectivity index (χ4n) is 3.84. The highest BCUT2D eigenvalue weighted by atomic mass is 79.9. The number of carbonyl (C=O) groups is 1. The number of hydrogen-bond donors (Lipinski definition) is 1. The fourth-order valence-corrected chi connectivity index (χ4v) is 5.03. The molecular weight excluding hydrogens is 519 g/mol. The molecule has 0 aromatic heterocycles. The smallest absolute Gasteiger partial charge is 0.164 e. The molecule has 0 aliphatic rings. The molecule has 180 valence electrons. The van der Waals surface area contributed by atoms with Crippen LogP contribution < -0.4 is 0 Å². The Kier molecular flexibility index (Phi) is 9.09. The van der Waals surface area contributed by atoms with Gasteiger partial charge in [-0.15, -0.1) is 0 Å². The second-order valence-corrected chi connectivity index (χ2v) is 12.6. The molecule has 0 aliphatic carbocycles. The van der Waals surface area contributed by atoms with Crippen molar-refractivity contribution in [2.24, 2.45) is 5.41 Å². The summed E-state index contributed by atoms with van der Waals surface area (Å²) in [6.45, 7) is 13.4. The number of ketones is 1. The van der Waals surface area contributed by atoms with Crippen LogP contribution >= 0.6 is 40.2 Å². The molecule has 0 radical (unpaired) electrons. The maximum atomic E-state index is 15.6. The van der Waals surface area contributed by atoms with E-state index in [1.807, 2.05) is 50.3 Å². The highest BCUT2D eigenvalue weighted by molar-refractivity contribution is 9.10. The molecule has 0 heterocycles. The molecule has 0 aliphatic heterocycles. The molecule has 0 spiro atoms. The predicted octanol–water partition coefficient (Wildman–Crippen LogP) is 9.79. The zero-order valence-corrected chi connectivity index (χ0v) is 23.9. The van der Waals surface area contributed by atoms with Gasteiger partial charge in [0.05, 0.1) is 4.75 Å². The minimum Gasteiger partial charge on any atom is -0.294 e. The highest BCUT2D eigenvalue weighted by Gasteiger charge is 2.45. The molecule has 1 atom stereocenters. The van der Waals surface area contributed by atoms with Gasteiger partial charge in [-0.3, -0.25) is 4.79 Å². The molecule has 5 heteroatoms. The quantitative estimate of drug-likeness (QED) is 0.254. The zero-order chi connectivity index (χ0) is 25.2. The summed E-state index contributed by atoms with van der Waals surface area (Å²) in [5.41, 5.74) is 2.74. The van der Waals surface area contributed by atoms with Crippen LogP contribution in [0.3, 0.4) is 0 Å². The minimum atomic E-state index is -1.62. The molecular formula is C28H35BrClFOS. The van der Waals surface area contributed by atoms with Gasteiger partial charge in [0.2, 0.25) is 0 Å². The van der Waals surface area contributed by atoms with Crippen LogP contribution in [0, 0.1) is 12.3 Å². The van der Waals surface area contributed by atoms with E-state index in [4.69, 9.17) is 24.2 Å². The second-order valence-electron chi connectivity index (χ2n) is 10.5. The van der Waals surface area contributed by atoms with Crippen molar-refractivity contribution in [3.8, 4) is 0 Å². The molecule has 2 rings (SSSR count). The summed E-state index contributed by atoms with van der Waals surface area (Å²) < 4.78 is 15.3. The van der Waals surface area contributed by atoms with Crippen molar-refractivity contribution in [1.82, 2.24) is 0 Å². The lowest BCUT2D eigenvalue weighted by atomic mass is 9.78. The lowest BCUT2D eigenvalue weighted by Gasteiger charge is -2.39. The maximum absolute atomic E-state index is 15.6. The first-order valence-corrected chi connectivity index (χ1v) is 12.9. The van der Waals surface area contributed by atoms with E-state index in [1.165, 1.54) is 0 Å². The zero-order valence-electron chi connectivity index (χ0n) is 20.7. The van der Waals surface area contributed by atoms with E-state index in [1.54, 1.807) is 19.9 Å². The van der Waals surface area contributed by atoms with Crippen LogP contribution in [0.5, 0.6) is 0 Å². The van der Waals surface area contributed by atoms with Crippen LogP contribution in [-0.2, 0) is 4.75 Å². The van der Waals surface area contributed by atoms with Gasteiger partial charge in [0.1, 0.15) is 5.67 Å². The van der Waals surface area contributed by atoms with E-state index in [9.17, 15) is 4.79 Å². The van der Waals surface area contributed by atoms with E-state index < -0.39 is 10.4 Å².